The first-order chi connectivity index (χ1) is 28.0. The van der Waals surface area contributed by atoms with Crippen LogP contribution in [0.1, 0.15) is 92.9 Å². The van der Waals surface area contributed by atoms with E-state index in [1.807, 2.05) is 20.8 Å². The first kappa shape index (κ1) is 46.8. The maximum Gasteiger partial charge on any atom is 0.418 e. The zero-order chi connectivity index (χ0) is 44.2. The largest absolute Gasteiger partial charge is 0.444 e. The molecule has 0 radical (unpaired) electrons. The lowest BCUT2D eigenvalue weighted by Crippen LogP contribution is -2.50. The molecule has 6 aliphatic heterocycles. The van der Waals surface area contributed by atoms with Gasteiger partial charge in [0.15, 0.2) is 0 Å². The van der Waals surface area contributed by atoms with Crippen molar-refractivity contribution in [2.45, 2.75) is 128 Å². The molecule has 4 bridgehead atoms. The molecule has 6 heterocycles. The maximum atomic E-state index is 12.6. The number of amides is 8. The van der Waals surface area contributed by atoms with Crippen molar-refractivity contribution in [2.24, 2.45) is 11.8 Å². The number of piperidine rings is 4. The summed E-state index contributed by atoms with van der Waals surface area (Å²) in [6.45, 7) is 14.0. The van der Waals surface area contributed by atoms with Crippen LogP contribution in [-0.2, 0) is 43.4 Å². The number of carbonyl (C=O) groups is 6. The van der Waals surface area contributed by atoms with E-state index in [1.165, 1.54) is 9.80 Å². The lowest BCUT2D eigenvalue weighted by atomic mass is 9.99. The monoisotopic (exact) mass is 876 g/mol. The van der Waals surface area contributed by atoms with E-state index in [4.69, 9.17) is 23.7 Å². The van der Waals surface area contributed by atoms with Crippen LogP contribution in [0.15, 0.2) is 0 Å². The van der Waals surface area contributed by atoms with Crippen molar-refractivity contribution in [2.75, 3.05) is 52.5 Å². The Labute approximate surface area is 349 Å². The number of likely N-dealkylation sites (tertiary alicyclic amines) is 2. The van der Waals surface area contributed by atoms with Gasteiger partial charge in [-0.1, -0.05) is 0 Å². The highest BCUT2D eigenvalue weighted by Gasteiger charge is 2.50. The standard InChI is InChI=1S/C18H30N4O9S.C18H30N4O6/c1-18(2,3)30-17(25)20-8-4-5-12(9-20)11-29-19-15(23)14-7-6-13-10-21(14)16(24)22(13)31-32(26,27)28;1-18(2,3)28-17(25)20-8-4-5-12(9-20)11-27-19-15(23)14-7-6-13-10-21(14)16(24)22(13)26/h12-14H,4-11H2,1-3H3,(H,19,23)(H,26,27,28);12-14,26H,4-11H2,1-3H3,(H,19,23)/t2*12?,13-,14+/m11/s1. The summed E-state index contributed by atoms with van der Waals surface area (Å²) < 4.78 is 45.9. The number of urea groups is 2. The molecule has 60 heavy (non-hydrogen) atoms. The summed E-state index contributed by atoms with van der Waals surface area (Å²) in [5.74, 6) is -0.815. The summed E-state index contributed by atoms with van der Waals surface area (Å²) in [6.07, 6.45) is 4.30. The van der Waals surface area contributed by atoms with Gasteiger partial charge in [-0.15, -0.1) is 4.28 Å². The summed E-state index contributed by atoms with van der Waals surface area (Å²) in [7, 11) is -4.85. The van der Waals surface area contributed by atoms with E-state index in [0.717, 1.165) is 25.7 Å². The van der Waals surface area contributed by atoms with E-state index in [-0.39, 0.29) is 62.2 Å². The zero-order valence-electron chi connectivity index (χ0n) is 35.1. The molecule has 0 saturated carbocycles. The predicted octanol–water partition coefficient (Wildman–Crippen LogP) is 2.02. The molecule has 6 fully saturated rings. The molecule has 0 aromatic rings. The first-order valence-electron chi connectivity index (χ1n) is 20.3. The molecular formula is C36H60N8O15S. The summed E-state index contributed by atoms with van der Waals surface area (Å²) in [6, 6.07) is -3.65. The molecule has 4 N–H and O–H groups in total. The van der Waals surface area contributed by atoms with Gasteiger partial charge >= 0.3 is 34.6 Å². The van der Waals surface area contributed by atoms with Crippen LogP contribution in [0.5, 0.6) is 0 Å². The second-order valence-electron chi connectivity index (χ2n) is 18.0. The average Bonchev–Trinajstić information content (AvgIpc) is 3.52. The Morgan fingerprint density at radius 2 is 1.10 bits per heavy atom. The lowest BCUT2D eigenvalue weighted by Gasteiger charge is -2.34. The van der Waals surface area contributed by atoms with Crippen molar-refractivity contribution in [3.8, 4) is 0 Å². The molecule has 2 unspecified atom stereocenters. The van der Waals surface area contributed by atoms with Crippen LogP contribution in [0.4, 0.5) is 19.2 Å². The van der Waals surface area contributed by atoms with Gasteiger partial charge in [0.05, 0.1) is 25.3 Å². The Bertz CT molecular complexity index is 1710. The fourth-order valence-electron chi connectivity index (χ4n) is 8.01. The van der Waals surface area contributed by atoms with E-state index >= 15 is 0 Å². The summed E-state index contributed by atoms with van der Waals surface area (Å²) in [5.41, 5.74) is 3.67. The third-order valence-corrected chi connectivity index (χ3v) is 11.1. The van der Waals surface area contributed by atoms with E-state index in [2.05, 4.69) is 15.2 Å². The van der Waals surface area contributed by atoms with Crippen LogP contribution in [0.25, 0.3) is 0 Å². The van der Waals surface area contributed by atoms with E-state index in [1.54, 1.807) is 30.6 Å². The van der Waals surface area contributed by atoms with Gasteiger partial charge in [-0.25, -0.2) is 35.2 Å². The van der Waals surface area contributed by atoms with Crippen LogP contribution in [0.2, 0.25) is 0 Å². The number of hydrogen-bond acceptors (Lipinski definition) is 14. The van der Waals surface area contributed by atoms with Crippen LogP contribution in [0, 0.1) is 11.8 Å². The molecule has 0 spiro atoms. The summed E-state index contributed by atoms with van der Waals surface area (Å²) in [5, 5.41) is 11.0. The quantitative estimate of drug-likeness (QED) is 0.139. The molecule has 6 saturated heterocycles. The molecule has 340 valence electrons. The molecule has 0 aromatic heterocycles. The summed E-state index contributed by atoms with van der Waals surface area (Å²) in [4.78, 5) is 90.4. The molecule has 24 heteroatoms. The molecular weight excluding hydrogens is 817 g/mol. The number of hydrogen-bond donors (Lipinski definition) is 4. The van der Waals surface area contributed by atoms with Gasteiger partial charge in [0.25, 0.3) is 11.8 Å². The fourth-order valence-corrected chi connectivity index (χ4v) is 8.40. The Morgan fingerprint density at radius 3 is 1.55 bits per heavy atom. The highest BCUT2D eigenvalue weighted by atomic mass is 32.3. The number of hydroxylamine groups is 6. The maximum absolute atomic E-state index is 12.6. The second kappa shape index (κ2) is 19.2. The number of fused-ring (bicyclic) bond motifs is 4. The average molecular weight is 877 g/mol. The van der Waals surface area contributed by atoms with Gasteiger partial charge in [-0.2, -0.15) is 13.5 Å². The van der Waals surface area contributed by atoms with Crippen molar-refractivity contribution in [3.05, 3.63) is 0 Å². The number of nitrogens with zero attached hydrogens (tertiary/aromatic N) is 6. The van der Waals surface area contributed by atoms with Crippen LogP contribution in [-0.4, -0.2) is 172 Å². The van der Waals surface area contributed by atoms with E-state index < -0.39 is 57.7 Å². The zero-order valence-corrected chi connectivity index (χ0v) is 35.9. The smallest absolute Gasteiger partial charge is 0.418 e. The molecule has 6 aliphatic rings. The summed E-state index contributed by atoms with van der Waals surface area (Å²) >= 11 is 0. The first-order valence-corrected chi connectivity index (χ1v) is 21.7. The molecule has 8 amide bonds. The normalized spacial score (nSPS) is 27.0. The molecule has 23 nitrogen and oxygen atoms in total. The number of rotatable bonds is 10. The van der Waals surface area contributed by atoms with Crippen molar-refractivity contribution >= 4 is 46.5 Å². The van der Waals surface area contributed by atoms with Gasteiger partial charge in [-0.05, 0) is 92.9 Å². The minimum Gasteiger partial charge on any atom is -0.444 e. The highest BCUT2D eigenvalue weighted by molar-refractivity contribution is 7.80. The van der Waals surface area contributed by atoms with Gasteiger partial charge in [0, 0.05) is 51.1 Å². The SMILES string of the molecule is CC(C)(C)OC(=O)N1CCCC(CONC(=O)[C@@H]2CC[C@@H]3CN2C(=O)N3O)C1.CC(C)(C)OC(=O)N1CCCC(CONC(=O)[C@@H]2CC[C@@H]3CN2C(=O)N3OS(=O)(=O)O)C1. The minimum atomic E-state index is -4.85. The topological polar surface area (TPSA) is 267 Å². The number of carbonyl (C=O) groups excluding carboxylic acids is 6. The molecule has 6 atom stereocenters. The lowest BCUT2D eigenvalue weighted by molar-refractivity contribution is -0.141. The molecule has 6 rings (SSSR count). The van der Waals surface area contributed by atoms with Gasteiger partial charge < -0.3 is 29.1 Å². The van der Waals surface area contributed by atoms with Crippen LogP contribution >= 0.6 is 0 Å². The third-order valence-electron chi connectivity index (χ3n) is 10.8. The second-order valence-corrected chi connectivity index (χ2v) is 19.0. The van der Waals surface area contributed by atoms with Gasteiger partial charge in [0.2, 0.25) is 0 Å². The van der Waals surface area contributed by atoms with Crippen molar-refractivity contribution < 1.29 is 70.4 Å². The number of nitrogens with one attached hydrogen (secondary N) is 2. The highest BCUT2D eigenvalue weighted by Crippen LogP contribution is 2.31. The minimum absolute atomic E-state index is 0.0133. The van der Waals surface area contributed by atoms with E-state index in [0.29, 0.717) is 62.1 Å². The van der Waals surface area contributed by atoms with Gasteiger partial charge in [0.1, 0.15) is 23.3 Å². The molecule has 0 aliphatic carbocycles. The van der Waals surface area contributed by atoms with Crippen LogP contribution in [0.3, 0.4) is 0 Å². The van der Waals surface area contributed by atoms with Crippen molar-refractivity contribution in [1.29, 1.82) is 0 Å². The van der Waals surface area contributed by atoms with Crippen LogP contribution < -0.4 is 11.0 Å². The Balaban J connectivity index is 0.000000230. The Kier molecular flexibility index (Phi) is 15.0. The van der Waals surface area contributed by atoms with Crippen molar-refractivity contribution in [3.63, 3.8) is 0 Å². The predicted molar refractivity (Wildman–Crippen MR) is 205 cm³/mol. The van der Waals surface area contributed by atoms with Gasteiger partial charge in [-0.3, -0.25) is 29.0 Å². The third kappa shape index (κ3) is 12.7. The van der Waals surface area contributed by atoms with E-state index in [9.17, 15) is 42.4 Å². The number of ether oxygens (including phenoxy) is 2. The molecule has 0 aromatic carbocycles. The Hall–Kier alpha value is -4.23. The Morgan fingerprint density at radius 1 is 0.667 bits per heavy atom. The fraction of sp³-hybridized carbons (Fsp3) is 0.833. The van der Waals surface area contributed by atoms with Crippen molar-refractivity contribution in [1.82, 2.24) is 40.7 Å².